The molecule has 1 aliphatic heterocycles. The van der Waals surface area contributed by atoms with Gasteiger partial charge < -0.3 is 14.9 Å². The van der Waals surface area contributed by atoms with Gasteiger partial charge in [0.15, 0.2) is 10.8 Å². The summed E-state index contributed by atoms with van der Waals surface area (Å²) in [5.41, 5.74) is 0.155. The third kappa shape index (κ3) is 2.81. The highest BCUT2D eigenvalue weighted by Gasteiger charge is 2.24. The zero-order valence-corrected chi connectivity index (χ0v) is 11.6. The molecule has 1 aliphatic rings. The standard InChI is InChI=1S/C12H19N3O2S/c1-3-9-7-14(2)5-4-6-15(9)12-13-10(8-18-12)11(16)17/h8-9H,3-7H2,1-2H3,(H,16,17). The van der Waals surface area contributed by atoms with Crippen LogP contribution in [0.25, 0.3) is 0 Å². The van der Waals surface area contributed by atoms with Crippen molar-refractivity contribution in [2.75, 3.05) is 31.6 Å². The quantitative estimate of drug-likeness (QED) is 0.906. The van der Waals surface area contributed by atoms with Gasteiger partial charge in [-0.2, -0.15) is 0 Å². The lowest BCUT2D eigenvalue weighted by molar-refractivity contribution is 0.0691. The number of likely N-dealkylation sites (N-methyl/N-ethyl adjacent to an activating group) is 1. The molecule has 1 fully saturated rings. The van der Waals surface area contributed by atoms with Gasteiger partial charge in [-0.1, -0.05) is 6.92 Å². The normalized spacial score (nSPS) is 21.9. The lowest BCUT2D eigenvalue weighted by atomic mass is 10.2. The van der Waals surface area contributed by atoms with Crippen molar-refractivity contribution in [3.05, 3.63) is 11.1 Å². The Balaban J connectivity index is 2.20. The Bertz CT molecular complexity index is 421. The molecule has 0 radical (unpaired) electrons. The highest BCUT2D eigenvalue weighted by atomic mass is 32.1. The molecule has 6 heteroatoms. The predicted molar refractivity (Wildman–Crippen MR) is 72.6 cm³/mol. The molecule has 2 rings (SSSR count). The Hall–Kier alpha value is -1.14. The van der Waals surface area contributed by atoms with Crippen LogP contribution in [0.2, 0.25) is 0 Å². The van der Waals surface area contributed by atoms with Crippen molar-refractivity contribution in [1.29, 1.82) is 0 Å². The van der Waals surface area contributed by atoms with Crippen molar-refractivity contribution < 1.29 is 9.90 Å². The molecule has 1 saturated heterocycles. The van der Waals surface area contributed by atoms with Crippen LogP contribution in [0, 0.1) is 0 Å². The fraction of sp³-hybridized carbons (Fsp3) is 0.667. The molecule has 100 valence electrons. The lowest BCUT2D eigenvalue weighted by Crippen LogP contribution is -2.39. The van der Waals surface area contributed by atoms with Gasteiger partial charge >= 0.3 is 5.97 Å². The second kappa shape index (κ2) is 5.67. The Morgan fingerprint density at radius 3 is 3.00 bits per heavy atom. The minimum atomic E-state index is -0.947. The van der Waals surface area contributed by atoms with Crippen molar-refractivity contribution in [2.24, 2.45) is 0 Å². The van der Waals surface area contributed by atoms with Crippen LogP contribution in [0.1, 0.15) is 30.3 Å². The predicted octanol–water partition coefficient (Wildman–Crippen LogP) is 1.76. The van der Waals surface area contributed by atoms with E-state index in [2.05, 4.69) is 28.8 Å². The Morgan fingerprint density at radius 1 is 1.61 bits per heavy atom. The van der Waals surface area contributed by atoms with E-state index in [1.165, 1.54) is 11.3 Å². The summed E-state index contributed by atoms with van der Waals surface area (Å²) in [5, 5.41) is 11.4. The van der Waals surface area contributed by atoms with Crippen LogP contribution in [-0.4, -0.2) is 53.7 Å². The summed E-state index contributed by atoms with van der Waals surface area (Å²) < 4.78 is 0. The summed E-state index contributed by atoms with van der Waals surface area (Å²) in [6.07, 6.45) is 2.14. The van der Waals surface area contributed by atoms with Crippen LogP contribution in [0.5, 0.6) is 0 Å². The average Bonchev–Trinajstić information content (AvgIpc) is 2.74. The first-order valence-corrected chi connectivity index (χ1v) is 7.13. The molecule has 0 spiro atoms. The van der Waals surface area contributed by atoms with Crippen molar-refractivity contribution in [1.82, 2.24) is 9.88 Å². The van der Waals surface area contributed by atoms with Crippen LogP contribution < -0.4 is 4.90 Å². The molecule has 18 heavy (non-hydrogen) atoms. The van der Waals surface area contributed by atoms with Gasteiger partial charge in [0.25, 0.3) is 0 Å². The number of carbonyl (C=O) groups is 1. The molecule has 1 N–H and O–H groups in total. The highest BCUT2D eigenvalue weighted by molar-refractivity contribution is 7.13. The first-order valence-electron chi connectivity index (χ1n) is 6.25. The van der Waals surface area contributed by atoms with Gasteiger partial charge in [-0.3, -0.25) is 0 Å². The van der Waals surface area contributed by atoms with E-state index in [4.69, 9.17) is 5.11 Å². The topological polar surface area (TPSA) is 56.7 Å². The molecular weight excluding hydrogens is 250 g/mol. The number of hydrogen-bond acceptors (Lipinski definition) is 5. The monoisotopic (exact) mass is 269 g/mol. The van der Waals surface area contributed by atoms with E-state index in [1.807, 2.05) is 0 Å². The molecular formula is C12H19N3O2S. The van der Waals surface area contributed by atoms with Crippen LogP contribution in [0.4, 0.5) is 5.13 Å². The molecule has 1 unspecified atom stereocenters. The molecule has 1 aromatic heterocycles. The Morgan fingerprint density at radius 2 is 2.39 bits per heavy atom. The molecule has 2 heterocycles. The van der Waals surface area contributed by atoms with Gasteiger partial charge in [-0.05, 0) is 26.4 Å². The van der Waals surface area contributed by atoms with Gasteiger partial charge in [0, 0.05) is 24.5 Å². The maximum Gasteiger partial charge on any atom is 0.355 e. The van der Waals surface area contributed by atoms with E-state index in [-0.39, 0.29) is 5.69 Å². The fourth-order valence-electron chi connectivity index (χ4n) is 2.34. The van der Waals surface area contributed by atoms with E-state index in [0.717, 1.165) is 37.6 Å². The van der Waals surface area contributed by atoms with Crippen LogP contribution in [0.15, 0.2) is 5.38 Å². The smallest absolute Gasteiger partial charge is 0.355 e. The van der Waals surface area contributed by atoms with Gasteiger partial charge in [-0.15, -0.1) is 11.3 Å². The molecule has 1 aromatic rings. The summed E-state index contributed by atoms with van der Waals surface area (Å²) in [6.45, 7) is 5.22. The van der Waals surface area contributed by atoms with Crippen molar-refractivity contribution in [2.45, 2.75) is 25.8 Å². The number of carboxylic acids is 1. The first kappa shape index (κ1) is 13.3. The summed E-state index contributed by atoms with van der Waals surface area (Å²) in [7, 11) is 2.14. The van der Waals surface area contributed by atoms with E-state index in [9.17, 15) is 4.79 Å². The van der Waals surface area contributed by atoms with E-state index >= 15 is 0 Å². The second-order valence-corrected chi connectivity index (χ2v) is 5.53. The van der Waals surface area contributed by atoms with E-state index < -0.39 is 5.97 Å². The van der Waals surface area contributed by atoms with Crippen LogP contribution >= 0.6 is 11.3 Å². The molecule has 1 atom stereocenters. The second-order valence-electron chi connectivity index (χ2n) is 4.69. The Kier molecular flexibility index (Phi) is 4.19. The highest BCUT2D eigenvalue weighted by Crippen LogP contribution is 2.25. The summed E-state index contributed by atoms with van der Waals surface area (Å²) in [5.74, 6) is -0.947. The van der Waals surface area contributed by atoms with Crippen molar-refractivity contribution >= 4 is 22.4 Å². The molecule has 0 aliphatic carbocycles. The number of thiazole rings is 1. The summed E-state index contributed by atoms with van der Waals surface area (Å²) in [6, 6.07) is 0.422. The third-order valence-electron chi connectivity index (χ3n) is 3.33. The minimum Gasteiger partial charge on any atom is -0.476 e. The molecule has 5 nitrogen and oxygen atoms in total. The molecule has 0 saturated carbocycles. The zero-order chi connectivity index (χ0) is 13.1. The number of hydrogen-bond donors (Lipinski definition) is 1. The minimum absolute atomic E-state index is 0.155. The Labute approximate surface area is 111 Å². The van der Waals surface area contributed by atoms with Gasteiger partial charge in [-0.25, -0.2) is 9.78 Å². The number of rotatable bonds is 3. The fourth-order valence-corrected chi connectivity index (χ4v) is 3.24. The molecule has 0 bridgehead atoms. The molecule has 0 aromatic carbocycles. The number of aromatic nitrogens is 1. The SMILES string of the molecule is CCC1CN(C)CCCN1c1nc(C(=O)O)cs1. The van der Waals surface area contributed by atoms with Gasteiger partial charge in [0.2, 0.25) is 0 Å². The van der Waals surface area contributed by atoms with Crippen molar-refractivity contribution in [3.8, 4) is 0 Å². The van der Waals surface area contributed by atoms with Crippen LogP contribution in [0.3, 0.4) is 0 Å². The summed E-state index contributed by atoms with van der Waals surface area (Å²) in [4.78, 5) is 19.7. The number of anilines is 1. The maximum atomic E-state index is 10.9. The van der Waals surface area contributed by atoms with Gasteiger partial charge in [0.1, 0.15) is 0 Å². The first-order chi connectivity index (χ1) is 8.61. The number of nitrogens with zero attached hydrogens (tertiary/aromatic N) is 3. The van der Waals surface area contributed by atoms with Crippen LogP contribution in [-0.2, 0) is 0 Å². The number of aromatic carboxylic acids is 1. The van der Waals surface area contributed by atoms with Crippen molar-refractivity contribution in [3.63, 3.8) is 0 Å². The molecule has 0 amide bonds. The summed E-state index contributed by atoms with van der Waals surface area (Å²) >= 11 is 1.43. The van der Waals surface area contributed by atoms with Gasteiger partial charge in [0.05, 0.1) is 0 Å². The maximum absolute atomic E-state index is 10.9. The van der Waals surface area contributed by atoms with E-state index in [1.54, 1.807) is 5.38 Å². The largest absolute Gasteiger partial charge is 0.476 e. The average molecular weight is 269 g/mol. The van der Waals surface area contributed by atoms with E-state index in [0.29, 0.717) is 6.04 Å². The lowest BCUT2D eigenvalue weighted by Gasteiger charge is -2.29. The third-order valence-corrected chi connectivity index (χ3v) is 4.21. The zero-order valence-electron chi connectivity index (χ0n) is 10.8. The number of carboxylic acid groups (broad SMARTS) is 1.